The van der Waals surface area contributed by atoms with E-state index in [1.807, 2.05) is 37.3 Å². The molecule has 4 nitrogen and oxygen atoms in total. The summed E-state index contributed by atoms with van der Waals surface area (Å²) in [6.07, 6.45) is 2.53. The highest BCUT2D eigenvalue weighted by Crippen LogP contribution is 2.20. The summed E-state index contributed by atoms with van der Waals surface area (Å²) in [6, 6.07) is 9.69. The average Bonchev–Trinajstić information content (AvgIpc) is 2.40. The lowest BCUT2D eigenvalue weighted by atomic mass is 10.2. The minimum atomic E-state index is 0.593. The zero-order chi connectivity index (χ0) is 12.8. The molecule has 0 aliphatic carbocycles. The highest BCUT2D eigenvalue weighted by molar-refractivity contribution is 5.57. The van der Waals surface area contributed by atoms with Crippen LogP contribution in [0.15, 0.2) is 36.5 Å². The Morgan fingerprint density at radius 1 is 1.28 bits per heavy atom. The summed E-state index contributed by atoms with van der Waals surface area (Å²) < 4.78 is 5.47. The van der Waals surface area contributed by atoms with Crippen molar-refractivity contribution in [2.45, 2.75) is 13.3 Å². The lowest BCUT2D eigenvalue weighted by molar-refractivity contribution is 0.340. The van der Waals surface area contributed by atoms with E-state index in [1.54, 1.807) is 6.20 Å². The van der Waals surface area contributed by atoms with Gasteiger partial charge >= 0.3 is 0 Å². The van der Waals surface area contributed by atoms with Gasteiger partial charge in [0.25, 0.3) is 0 Å². The van der Waals surface area contributed by atoms with Gasteiger partial charge in [-0.1, -0.05) is 12.1 Å². The number of nitrogens with two attached hydrogens (primary N) is 1. The predicted octanol–water partition coefficient (Wildman–Crippen LogP) is 2.04. The van der Waals surface area contributed by atoms with Gasteiger partial charge in [-0.05, 0) is 31.7 Å². The summed E-state index contributed by atoms with van der Waals surface area (Å²) in [5.74, 6) is 1.55. The van der Waals surface area contributed by atoms with Crippen LogP contribution in [0, 0.1) is 0 Å². The summed E-state index contributed by atoms with van der Waals surface area (Å²) in [6.45, 7) is 3.21. The highest BCUT2D eigenvalue weighted by Gasteiger charge is 2.04. The molecule has 2 rings (SSSR count). The van der Waals surface area contributed by atoms with Gasteiger partial charge in [-0.3, -0.25) is 0 Å². The van der Waals surface area contributed by atoms with E-state index in [1.165, 1.54) is 0 Å². The number of aromatic nitrogens is 2. The largest absolute Gasteiger partial charge is 0.494 e. The van der Waals surface area contributed by atoms with Gasteiger partial charge in [-0.2, -0.15) is 0 Å². The van der Waals surface area contributed by atoms with Crippen LogP contribution < -0.4 is 10.5 Å². The molecule has 18 heavy (non-hydrogen) atoms. The minimum absolute atomic E-state index is 0.593. The molecule has 0 amide bonds. The van der Waals surface area contributed by atoms with Crippen molar-refractivity contribution < 1.29 is 4.74 Å². The van der Waals surface area contributed by atoms with Crippen molar-refractivity contribution in [2.24, 2.45) is 5.73 Å². The Morgan fingerprint density at radius 3 is 2.94 bits per heavy atom. The topological polar surface area (TPSA) is 61.0 Å². The third-order valence-corrected chi connectivity index (χ3v) is 2.52. The van der Waals surface area contributed by atoms with Gasteiger partial charge < -0.3 is 10.5 Å². The van der Waals surface area contributed by atoms with Crippen molar-refractivity contribution in [1.82, 2.24) is 9.97 Å². The first-order chi connectivity index (χ1) is 8.83. The molecular formula is C14H17N3O. The van der Waals surface area contributed by atoms with Gasteiger partial charge in [0, 0.05) is 23.9 Å². The molecule has 4 heteroatoms. The predicted molar refractivity (Wildman–Crippen MR) is 71.4 cm³/mol. The molecule has 2 N–H and O–H groups in total. The van der Waals surface area contributed by atoms with Crippen molar-refractivity contribution in [2.75, 3.05) is 13.2 Å². The van der Waals surface area contributed by atoms with Crippen LogP contribution in [0.1, 0.15) is 12.6 Å². The molecule has 0 aliphatic heterocycles. The Hall–Kier alpha value is -1.94. The van der Waals surface area contributed by atoms with Gasteiger partial charge in [-0.25, -0.2) is 9.97 Å². The van der Waals surface area contributed by atoms with Crippen molar-refractivity contribution >= 4 is 0 Å². The molecular weight excluding hydrogens is 226 g/mol. The van der Waals surface area contributed by atoms with Crippen LogP contribution in [0.2, 0.25) is 0 Å². The second-order valence-corrected chi connectivity index (χ2v) is 3.87. The van der Waals surface area contributed by atoms with Crippen LogP contribution in [-0.4, -0.2) is 23.1 Å². The Balaban J connectivity index is 2.29. The van der Waals surface area contributed by atoms with E-state index in [0.29, 0.717) is 19.0 Å². The number of nitrogens with zero attached hydrogens (tertiary/aromatic N) is 2. The Bertz CT molecular complexity index is 466. The van der Waals surface area contributed by atoms with Crippen LogP contribution in [-0.2, 0) is 6.42 Å². The monoisotopic (exact) mass is 243 g/mol. The summed E-state index contributed by atoms with van der Waals surface area (Å²) in [5, 5.41) is 0. The number of benzene rings is 1. The van der Waals surface area contributed by atoms with E-state index in [4.69, 9.17) is 10.5 Å². The smallest absolute Gasteiger partial charge is 0.159 e. The number of ether oxygens (including phenoxy) is 1. The SMILES string of the molecule is CCOc1cccc(-c2nccc(CCN)n2)c1. The third-order valence-electron chi connectivity index (χ3n) is 2.52. The van der Waals surface area contributed by atoms with Crippen LogP contribution in [0.5, 0.6) is 5.75 Å². The van der Waals surface area contributed by atoms with Crippen molar-refractivity contribution in [3.05, 3.63) is 42.2 Å². The second-order valence-electron chi connectivity index (χ2n) is 3.87. The third kappa shape index (κ3) is 3.05. The Labute approximate surface area is 107 Å². The van der Waals surface area contributed by atoms with Gasteiger partial charge in [0.1, 0.15) is 5.75 Å². The molecule has 1 aromatic heterocycles. The average molecular weight is 243 g/mol. The molecule has 1 aromatic carbocycles. The molecule has 2 aromatic rings. The molecule has 0 saturated carbocycles. The van der Waals surface area contributed by atoms with Crippen molar-refractivity contribution in [3.63, 3.8) is 0 Å². The fourth-order valence-electron chi connectivity index (χ4n) is 1.71. The van der Waals surface area contributed by atoms with Crippen LogP contribution in [0.3, 0.4) is 0 Å². The maximum atomic E-state index is 5.53. The van der Waals surface area contributed by atoms with Gasteiger partial charge in [-0.15, -0.1) is 0 Å². The van der Waals surface area contributed by atoms with E-state index in [-0.39, 0.29) is 0 Å². The van der Waals surface area contributed by atoms with Crippen molar-refractivity contribution in [1.29, 1.82) is 0 Å². The molecule has 1 heterocycles. The lowest BCUT2D eigenvalue weighted by Crippen LogP contribution is -2.05. The standard InChI is InChI=1S/C14H17N3O/c1-2-18-13-5-3-4-11(10-13)14-16-9-7-12(17-14)6-8-15/h3-5,7,9-10H,2,6,8,15H2,1H3. The maximum absolute atomic E-state index is 5.53. The second kappa shape index (κ2) is 6.12. The molecule has 0 aliphatic rings. The maximum Gasteiger partial charge on any atom is 0.159 e. The minimum Gasteiger partial charge on any atom is -0.494 e. The summed E-state index contributed by atoms with van der Waals surface area (Å²) in [5.41, 5.74) is 7.45. The van der Waals surface area contributed by atoms with Gasteiger partial charge in [0.2, 0.25) is 0 Å². The zero-order valence-corrected chi connectivity index (χ0v) is 10.5. The van der Waals surface area contributed by atoms with E-state index >= 15 is 0 Å². The molecule has 0 atom stereocenters. The van der Waals surface area contributed by atoms with Crippen LogP contribution in [0.25, 0.3) is 11.4 Å². The highest BCUT2D eigenvalue weighted by atomic mass is 16.5. The van der Waals surface area contributed by atoms with Crippen molar-refractivity contribution in [3.8, 4) is 17.1 Å². The molecule has 0 bridgehead atoms. The Morgan fingerprint density at radius 2 is 2.17 bits per heavy atom. The summed E-state index contributed by atoms with van der Waals surface area (Å²) in [4.78, 5) is 8.77. The first-order valence-corrected chi connectivity index (χ1v) is 6.08. The van der Waals surface area contributed by atoms with E-state index < -0.39 is 0 Å². The zero-order valence-electron chi connectivity index (χ0n) is 10.5. The molecule has 0 fully saturated rings. The summed E-state index contributed by atoms with van der Waals surface area (Å²) >= 11 is 0. The van der Waals surface area contributed by atoms with Crippen LogP contribution in [0.4, 0.5) is 0 Å². The lowest BCUT2D eigenvalue weighted by Gasteiger charge is -2.06. The molecule has 0 unspecified atom stereocenters. The summed E-state index contributed by atoms with van der Waals surface area (Å²) in [7, 11) is 0. The molecule has 0 spiro atoms. The number of hydrogen-bond acceptors (Lipinski definition) is 4. The molecule has 94 valence electrons. The quantitative estimate of drug-likeness (QED) is 0.873. The fraction of sp³-hybridized carbons (Fsp3) is 0.286. The number of hydrogen-bond donors (Lipinski definition) is 1. The Kier molecular flexibility index (Phi) is 4.25. The fourth-order valence-corrected chi connectivity index (χ4v) is 1.71. The van der Waals surface area contributed by atoms with Gasteiger partial charge in [0.15, 0.2) is 5.82 Å². The van der Waals surface area contributed by atoms with E-state index in [0.717, 1.165) is 23.4 Å². The molecule has 0 saturated heterocycles. The van der Waals surface area contributed by atoms with E-state index in [2.05, 4.69) is 9.97 Å². The normalized spacial score (nSPS) is 10.3. The van der Waals surface area contributed by atoms with Crippen LogP contribution >= 0.6 is 0 Å². The van der Waals surface area contributed by atoms with E-state index in [9.17, 15) is 0 Å². The first-order valence-electron chi connectivity index (χ1n) is 6.08. The first kappa shape index (κ1) is 12.5. The van der Waals surface area contributed by atoms with Gasteiger partial charge in [0.05, 0.1) is 6.61 Å². The molecule has 0 radical (unpaired) electrons. The number of rotatable bonds is 5.